The smallest absolute Gasteiger partial charge is 0.307 e. The molecule has 1 saturated heterocycles. The van der Waals surface area contributed by atoms with Crippen molar-refractivity contribution in [2.75, 3.05) is 25.4 Å². The highest BCUT2D eigenvalue weighted by atomic mass is 35.5. The van der Waals surface area contributed by atoms with Crippen molar-refractivity contribution >= 4 is 33.3 Å². The number of halogens is 1. The van der Waals surface area contributed by atoms with Gasteiger partial charge in [-0.1, -0.05) is 11.6 Å². The predicted octanol–water partition coefficient (Wildman–Crippen LogP) is 1.68. The largest absolute Gasteiger partial charge is 0.456 e. The Labute approximate surface area is 158 Å². The minimum absolute atomic E-state index is 0.0806. The Morgan fingerprint density at radius 2 is 1.77 bits per heavy atom. The molecule has 2 rings (SSSR count). The van der Waals surface area contributed by atoms with Gasteiger partial charge in [-0.05, 0) is 38.1 Å². The summed E-state index contributed by atoms with van der Waals surface area (Å²) in [4.78, 5) is 25.6. The van der Waals surface area contributed by atoms with Crippen LogP contribution in [0.5, 0.6) is 0 Å². The molecule has 0 aromatic heterocycles. The molecule has 1 aromatic rings. The SMILES string of the molecule is C[C@@H]1CN(C(=O)COC(=O)CCS(=O)(=O)c2ccc(Cl)cc2)C[C@@H](C)O1. The summed E-state index contributed by atoms with van der Waals surface area (Å²) in [6.07, 6.45) is -0.487. The Morgan fingerprint density at radius 1 is 1.19 bits per heavy atom. The second-order valence-corrected chi connectivity index (χ2v) is 8.79. The van der Waals surface area contributed by atoms with Gasteiger partial charge in [0.05, 0.1) is 29.3 Å². The molecule has 1 aliphatic heterocycles. The van der Waals surface area contributed by atoms with Gasteiger partial charge in [-0.15, -0.1) is 0 Å². The van der Waals surface area contributed by atoms with Crippen LogP contribution in [0.15, 0.2) is 29.2 Å². The molecule has 0 saturated carbocycles. The standard InChI is InChI=1S/C17H22ClNO6S/c1-12-9-19(10-13(2)25-12)16(20)11-24-17(21)7-8-26(22,23)15-5-3-14(18)4-6-15/h3-6,12-13H,7-11H2,1-2H3/t12-,13-/m1/s1. The fourth-order valence-corrected chi connectivity index (χ4v) is 4.01. The zero-order valence-corrected chi connectivity index (χ0v) is 16.3. The van der Waals surface area contributed by atoms with E-state index in [0.29, 0.717) is 18.1 Å². The molecule has 0 bridgehead atoms. The topological polar surface area (TPSA) is 90.0 Å². The fraction of sp³-hybridized carbons (Fsp3) is 0.529. The average Bonchev–Trinajstić information content (AvgIpc) is 2.57. The van der Waals surface area contributed by atoms with E-state index in [9.17, 15) is 18.0 Å². The Bertz CT molecular complexity index is 739. The van der Waals surface area contributed by atoms with E-state index in [2.05, 4.69) is 0 Å². The Balaban J connectivity index is 1.79. The van der Waals surface area contributed by atoms with Crippen molar-refractivity contribution in [3.63, 3.8) is 0 Å². The lowest BCUT2D eigenvalue weighted by atomic mass is 10.2. The lowest BCUT2D eigenvalue weighted by molar-refractivity contribution is -0.156. The summed E-state index contributed by atoms with van der Waals surface area (Å²) >= 11 is 5.73. The summed E-state index contributed by atoms with van der Waals surface area (Å²) in [5.74, 6) is -1.45. The number of sulfone groups is 1. The van der Waals surface area contributed by atoms with Gasteiger partial charge in [-0.25, -0.2) is 8.42 Å². The third-order valence-electron chi connectivity index (χ3n) is 3.88. The van der Waals surface area contributed by atoms with Crippen LogP contribution in [0.3, 0.4) is 0 Å². The number of amides is 1. The maximum atomic E-state index is 12.2. The first-order chi connectivity index (χ1) is 12.2. The van der Waals surface area contributed by atoms with E-state index in [1.165, 1.54) is 24.3 Å². The minimum Gasteiger partial charge on any atom is -0.456 e. The molecule has 0 unspecified atom stereocenters. The third-order valence-corrected chi connectivity index (χ3v) is 5.86. The van der Waals surface area contributed by atoms with E-state index in [4.69, 9.17) is 21.1 Å². The van der Waals surface area contributed by atoms with Crippen LogP contribution >= 0.6 is 11.6 Å². The van der Waals surface area contributed by atoms with Crippen molar-refractivity contribution in [1.29, 1.82) is 0 Å². The van der Waals surface area contributed by atoms with E-state index in [0.717, 1.165) is 0 Å². The third kappa shape index (κ3) is 5.96. The molecule has 0 N–H and O–H groups in total. The van der Waals surface area contributed by atoms with Crippen LogP contribution in [0.2, 0.25) is 5.02 Å². The fourth-order valence-electron chi connectivity index (χ4n) is 2.66. The molecular formula is C17H22ClNO6S. The Morgan fingerprint density at radius 3 is 2.35 bits per heavy atom. The van der Waals surface area contributed by atoms with Crippen molar-refractivity contribution in [2.45, 2.75) is 37.4 Å². The number of benzene rings is 1. The van der Waals surface area contributed by atoms with Crippen LogP contribution in [0.1, 0.15) is 20.3 Å². The van der Waals surface area contributed by atoms with Gasteiger partial charge in [0.2, 0.25) is 0 Å². The summed E-state index contributed by atoms with van der Waals surface area (Å²) in [5, 5.41) is 0.425. The predicted molar refractivity (Wildman–Crippen MR) is 95.7 cm³/mol. The molecule has 1 aliphatic rings. The molecular weight excluding hydrogens is 382 g/mol. The van der Waals surface area contributed by atoms with E-state index in [1.807, 2.05) is 13.8 Å². The van der Waals surface area contributed by atoms with Crippen molar-refractivity contribution in [2.24, 2.45) is 0 Å². The van der Waals surface area contributed by atoms with Gasteiger partial charge in [0.15, 0.2) is 16.4 Å². The van der Waals surface area contributed by atoms with Gasteiger partial charge in [0.25, 0.3) is 5.91 Å². The molecule has 0 aliphatic carbocycles. The van der Waals surface area contributed by atoms with Crippen LogP contribution in [0.25, 0.3) is 0 Å². The lowest BCUT2D eigenvalue weighted by Gasteiger charge is -2.35. The maximum Gasteiger partial charge on any atom is 0.307 e. The summed E-state index contributed by atoms with van der Waals surface area (Å²) in [5.41, 5.74) is 0. The van der Waals surface area contributed by atoms with Gasteiger partial charge in [0, 0.05) is 18.1 Å². The molecule has 9 heteroatoms. The Kier molecular flexibility index (Phi) is 7.02. The summed E-state index contributed by atoms with van der Waals surface area (Å²) in [6.45, 7) is 4.20. The first-order valence-electron chi connectivity index (χ1n) is 8.24. The first kappa shape index (κ1) is 20.7. The summed E-state index contributed by atoms with van der Waals surface area (Å²) in [6, 6.07) is 5.70. The van der Waals surface area contributed by atoms with Gasteiger partial charge in [0.1, 0.15) is 0 Å². The quantitative estimate of drug-likeness (QED) is 0.671. The van der Waals surface area contributed by atoms with Crippen molar-refractivity contribution in [3.8, 4) is 0 Å². The molecule has 7 nitrogen and oxygen atoms in total. The number of morpholine rings is 1. The number of rotatable bonds is 6. The van der Waals surface area contributed by atoms with E-state index in [-0.39, 0.29) is 29.4 Å². The molecule has 0 radical (unpaired) electrons. The molecule has 1 fully saturated rings. The molecule has 2 atom stereocenters. The molecule has 1 aromatic carbocycles. The molecule has 26 heavy (non-hydrogen) atoms. The van der Waals surface area contributed by atoms with Crippen molar-refractivity contribution in [3.05, 3.63) is 29.3 Å². The maximum absolute atomic E-state index is 12.2. The molecule has 144 valence electrons. The minimum atomic E-state index is -3.62. The lowest BCUT2D eigenvalue weighted by Crippen LogP contribution is -2.49. The van der Waals surface area contributed by atoms with Crippen LogP contribution in [-0.2, 0) is 28.9 Å². The number of hydrogen-bond acceptors (Lipinski definition) is 6. The van der Waals surface area contributed by atoms with E-state index < -0.39 is 28.2 Å². The molecule has 0 spiro atoms. The number of hydrogen-bond donors (Lipinski definition) is 0. The van der Waals surface area contributed by atoms with E-state index in [1.54, 1.807) is 4.90 Å². The summed E-state index contributed by atoms with van der Waals surface area (Å²) < 4.78 is 34.8. The van der Waals surface area contributed by atoms with Crippen molar-refractivity contribution in [1.82, 2.24) is 4.90 Å². The monoisotopic (exact) mass is 403 g/mol. The zero-order valence-electron chi connectivity index (χ0n) is 14.7. The second kappa shape index (κ2) is 8.83. The molecule has 1 amide bonds. The summed E-state index contributed by atoms with van der Waals surface area (Å²) in [7, 11) is -3.62. The highest BCUT2D eigenvalue weighted by Gasteiger charge is 2.26. The number of carbonyl (C=O) groups excluding carboxylic acids is 2. The van der Waals surface area contributed by atoms with Crippen LogP contribution in [-0.4, -0.2) is 62.9 Å². The van der Waals surface area contributed by atoms with Crippen LogP contribution < -0.4 is 0 Å². The number of esters is 1. The highest BCUT2D eigenvalue weighted by Crippen LogP contribution is 2.16. The first-order valence-corrected chi connectivity index (χ1v) is 10.3. The number of nitrogens with zero attached hydrogens (tertiary/aromatic N) is 1. The number of ether oxygens (including phenoxy) is 2. The number of carbonyl (C=O) groups is 2. The molecule has 1 heterocycles. The van der Waals surface area contributed by atoms with Gasteiger partial charge in [-0.2, -0.15) is 0 Å². The average molecular weight is 404 g/mol. The normalized spacial score (nSPS) is 20.7. The van der Waals surface area contributed by atoms with Gasteiger partial charge < -0.3 is 14.4 Å². The zero-order chi connectivity index (χ0) is 19.3. The van der Waals surface area contributed by atoms with Crippen LogP contribution in [0, 0.1) is 0 Å². The van der Waals surface area contributed by atoms with E-state index >= 15 is 0 Å². The van der Waals surface area contributed by atoms with Gasteiger partial charge >= 0.3 is 5.97 Å². The van der Waals surface area contributed by atoms with Gasteiger partial charge in [-0.3, -0.25) is 9.59 Å². The second-order valence-electron chi connectivity index (χ2n) is 6.24. The van der Waals surface area contributed by atoms with Crippen molar-refractivity contribution < 1.29 is 27.5 Å². The highest BCUT2D eigenvalue weighted by molar-refractivity contribution is 7.91. The van der Waals surface area contributed by atoms with Crippen LogP contribution in [0.4, 0.5) is 0 Å². The Hall–Kier alpha value is -1.64.